The number of hydrogen-bond donors (Lipinski definition) is 0. The van der Waals surface area contributed by atoms with Crippen LogP contribution in [0.4, 0.5) is 0 Å². The predicted molar refractivity (Wildman–Crippen MR) is 60.8 cm³/mol. The molecule has 0 unspecified atom stereocenters. The van der Waals surface area contributed by atoms with Gasteiger partial charge in [-0.2, -0.15) is 5.10 Å². The van der Waals surface area contributed by atoms with Gasteiger partial charge in [0.15, 0.2) is 0 Å². The minimum absolute atomic E-state index is 0.167. The number of hydrogen-bond acceptors (Lipinski definition) is 4. The number of carbonyl (C=O) groups excluding carboxylic acids is 1. The molecule has 0 saturated carbocycles. The fraction of sp³-hybridized carbons (Fsp3) is 0.636. The van der Waals surface area contributed by atoms with Crippen molar-refractivity contribution in [3.63, 3.8) is 0 Å². The SMILES string of the molecule is CCN(CCC(=O)OC)Cc1ccn(C)n1. The molecule has 5 heteroatoms. The van der Waals surface area contributed by atoms with Gasteiger partial charge in [-0.3, -0.25) is 14.4 Å². The monoisotopic (exact) mass is 225 g/mol. The Labute approximate surface area is 96.0 Å². The highest BCUT2D eigenvalue weighted by molar-refractivity contribution is 5.69. The molecule has 0 aromatic carbocycles. The van der Waals surface area contributed by atoms with Crippen LogP contribution in [-0.4, -0.2) is 40.8 Å². The van der Waals surface area contributed by atoms with Crippen LogP contribution in [0.5, 0.6) is 0 Å². The van der Waals surface area contributed by atoms with E-state index in [1.165, 1.54) is 7.11 Å². The Hall–Kier alpha value is -1.36. The van der Waals surface area contributed by atoms with Crippen molar-refractivity contribution in [1.29, 1.82) is 0 Å². The third kappa shape index (κ3) is 4.02. The molecule has 0 radical (unpaired) electrons. The standard InChI is InChI=1S/C11H19N3O2/c1-4-14(8-6-11(15)16-3)9-10-5-7-13(2)12-10/h5,7H,4,6,8-9H2,1-3H3. The molecule has 0 atom stereocenters. The summed E-state index contributed by atoms with van der Waals surface area (Å²) in [4.78, 5) is 13.2. The second kappa shape index (κ2) is 6.27. The number of aryl methyl sites for hydroxylation is 1. The molecule has 0 aliphatic rings. The van der Waals surface area contributed by atoms with E-state index in [1.807, 2.05) is 19.3 Å². The number of ether oxygens (including phenoxy) is 1. The van der Waals surface area contributed by atoms with E-state index in [4.69, 9.17) is 0 Å². The fourth-order valence-corrected chi connectivity index (χ4v) is 1.48. The number of rotatable bonds is 6. The van der Waals surface area contributed by atoms with Gasteiger partial charge in [0.05, 0.1) is 19.2 Å². The van der Waals surface area contributed by atoms with Gasteiger partial charge in [-0.05, 0) is 12.6 Å². The smallest absolute Gasteiger partial charge is 0.306 e. The maximum Gasteiger partial charge on any atom is 0.306 e. The largest absolute Gasteiger partial charge is 0.469 e. The summed E-state index contributed by atoms with van der Waals surface area (Å²) in [5.74, 6) is -0.167. The zero-order chi connectivity index (χ0) is 12.0. The number of esters is 1. The molecule has 90 valence electrons. The summed E-state index contributed by atoms with van der Waals surface area (Å²) in [6.07, 6.45) is 2.35. The van der Waals surface area contributed by atoms with Gasteiger partial charge < -0.3 is 4.74 Å². The van der Waals surface area contributed by atoms with Gasteiger partial charge in [0.2, 0.25) is 0 Å². The second-order valence-corrected chi connectivity index (χ2v) is 3.68. The summed E-state index contributed by atoms with van der Waals surface area (Å²) in [5.41, 5.74) is 1.02. The van der Waals surface area contributed by atoms with Crippen molar-refractivity contribution in [3.8, 4) is 0 Å². The van der Waals surface area contributed by atoms with Gasteiger partial charge in [-0.25, -0.2) is 0 Å². The Balaban J connectivity index is 2.40. The molecular weight excluding hydrogens is 206 g/mol. The van der Waals surface area contributed by atoms with Crippen LogP contribution in [0.3, 0.4) is 0 Å². The first-order valence-electron chi connectivity index (χ1n) is 5.43. The van der Waals surface area contributed by atoms with Crippen LogP contribution >= 0.6 is 0 Å². The van der Waals surface area contributed by atoms with E-state index in [-0.39, 0.29) is 5.97 Å². The molecule has 0 N–H and O–H groups in total. The van der Waals surface area contributed by atoms with Crippen molar-refractivity contribution >= 4 is 5.97 Å². The Morgan fingerprint density at radius 3 is 2.88 bits per heavy atom. The van der Waals surface area contributed by atoms with E-state index in [0.29, 0.717) is 13.0 Å². The third-order valence-electron chi connectivity index (χ3n) is 2.46. The van der Waals surface area contributed by atoms with E-state index >= 15 is 0 Å². The van der Waals surface area contributed by atoms with Crippen molar-refractivity contribution < 1.29 is 9.53 Å². The third-order valence-corrected chi connectivity index (χ3v) is 2.46. The first-order chi connectivity index (χ1) is 7.65. The molecule has 1 aromatic rings. The van der Waals surface area contributed by atoms with E-state index in [0.717, 1.165) is 18.8 Å². The molecule has 0 bridgehead atoms. The van der Waals surface area contributed by atoms with Crippen LogP contribution in [0.15, 0.2) is 12.3 Å². The maximum atomic E-state index is 11.0. The summed E-state index contributed by atoms with van der Waals surface area (Å²) in [6.45, 7) is 4.45. The first-order valence-corrected chi connectivity index (χ1v) is 5.43. The molecule has 0 spiro atoms. The van der Waals surface area contributed by atoms with Crippen LogP contribution < -0.4 is 0 Å². The fourth-order valence-electron chi connectivity index (χ4n) is 1.48. The highest BCUT2D eigenvalue weighted by Crippen LogP contribution is 2.02. The van der Waals surface area contributed by atoms with Crippen molar-refractivity contribution in [2.45, 2.75) is 19.9 Å². The van der Waals surface area contributed by atoms with Crippen LogP contribution in [0.2, 0.25) is 0 Å². The van der Waals surface area contributed by atoms with Crippen LogP contribution in [0.1, 0.15) is 19.0 Å². The Morgan fingerprint density at radius 1 is 1.62 bits per heavy atom. The predicted octanol–water partition coefficient (Wildman–Crippen LogP) is 0.805. The quantitative estimate of drug-likeness (QED) is 0.672. The van der Waals surface area contributed by atoms with E-state index in [9.17, 15) is 4.79 Å². The zero-order valence-corrected chi connectivity index (χ0v) is 10.1. The van der Waals surface area contributed by atoms with Crippen molar-refractivity contribution in [2.75, 3.05) is 20.2 Å². The molecule has 1 heterocycles. The molecule has 1 aromatic heterocycles. The molecule has 0 aliphatic heterocycles. The van der Waals surface area contributed by atoms with E-state index in [1.54, 1.807) is 4.68 Å². The van der Waals surface area contributed by atoms with Gasteiger partial charge in [0, 0.05) is 26.3 Å². The Morgan fingerprint density at radius 2 is 2.38 bits per heavy atom. The second-order valence-electron chi connectivity index (χ2n) is 3.68. The molecular formula is C11H19N3O2. The summed E-state index contributed by atoms with van der Waals surface area (Å²) in [7, 11) is 3.31. The minimum Gasteiger partial charge on any atom is -0.469 e. The van der Waals surface area contributed by atoms with Gasteiger partial charge in [0.25, 0.3) is 0 Å². The maximum absolute atomic E-state index is 11.0. The Kier molecular flexibility index (Phi) is 4.98. The topological polar surface area (TPSA) is 47.4 Å². The Bertz CT molecular complexity index is 336. The molecule has 0 fully saturated rings. The molecule has 0 amide bonds. The minimum atomic E-state index is -0.167. The van der Waals surface area contributed by atoms with E-state index < -0.39 is 0 Å². The van der Waals surface area contributed by atoms with Gasteiger partial charge in [-0.15, -0.1) is 0 Å². The van der Waals surface area contributed by atoms with E-state index in [2.05, 4.69) is 21.7 Å². The average molecular weight is 225 g/mol. The molecule has 1 rings (SSSR count). The highest BCUT2D eigenvalue weighted by Gasteiger charge is 2.08. The molecule has 5 nitrogen and oxygen atoms in total. The lowest BCUT2D eigenvalue weighted by Gasteiger charge is -2.18. The number of aromatic nitrogens is 2. The lowest BCUT2D eigenvalue weighted by molar-refractivity contribution is -0.141. The number of methoxy groups -OCH3 is 1. The van der Waals surface area contributed by atoms with Crippen molar-refractivity contribution in [3.05, 3.63) is 18.0 Å². The van der Waals surface area contributed by atoms with Gasteiger partial charge in [-0.1, -0.05) is 6.92 Å². The van der Waals surface area contributed by atoms with Gasteiger partial charge in [0.1, 0.15) is 0 Å². The van der Waals surface area contributed by atoms with Gasteiger partial charge >= 0.3 is 5.97 Å². The first kappa shape index (κ1) is 12.7. The lowest BCUT2D eigenvalue weighted by Crippen LogP contribution is -2.26. The molecule has 16 heavy (non-hydrogen) atoms. The zero-order valence-electron chi connectivity index (χ0n) is 10.1. The summed E-state index contributed by atoms with van der Waals surface area (Å²) >= 11 is 0. The highest BCUT2D eigenvalue weighted by atomic mass is 16.5. The summed E-state index contributed by atoms with van der Waals surface area (Å²) < 4.78 is 6.40. The summed E-state index contributed by atoms with van der Waals surface area (Å²) in [5, 5.41) is 4.30. The lowest BCUT2D eigenvalue weighted by atomic mass is 10.3. The van der Waals surface area contributed by atoms with Crippen molar-refractivity contribution in [1.82, 2.24) is 14.7 Å². The number of nitrogens with zero attached hydrogens (tertiary/aromatic N) is 3. The van der Waals surface area contributed by atoms with Crippen molar-refractivity contribution in [2.24, 2.45) is 7.05 Å². The van der Waals surface area contributed by atoms with Crippen LogP contribution in [0, 0.1) is 0 Å². The summed E-state index contributed by atoms with van der Waals surface area (Å²) in [6, 6.07) is 1.99. The molecule has 0 saturated heterocycles. The number of carbonyl (C=O) groups is 1. The molecule has 0 aliphatic carbocycles. The average Bonchev–Trinajstić information content (AvgIpc) is 2.69. The normalized spacial score (nSPS) is 10.8. The van der Waals surface area contributed by atoms with Crippen LogP contribution in [-0.2, 0) is 23.1 Å². The van der Waals surface area contributed by atoms with Crippen LogP contribution in [0.25, 0.3) is 0 Å².